The number of quaternary nitrogens is 2. The summed E-state index contributed by atoms with van der Waals surface area (Å²) in [5, 5.41) is 4.64. The van der Waals surface area contributed by atoms with Crippen molar-refractivity contribution >= 4 is 24.1 Å². The smallest absolute Gasteiger partial charge is 0.331 e. The molecule has 8 nitrogen and oxygen atoms in total. The maximum Gasteiger partial charge on any atom is 0.331 e. The molecule has 0 aromatic heterocycles. The highest BCUT2D eigenvalue weighted by atomic mass is 16.2. The lowest BCUT2D eigenvalue weighted by atomic mass is 9.92. The van der Waals surface area contributed by atoms with Gasteiger partial charge in [0, 0.05) is 12.3 Å². The molecule has 3 rings (SSSR count). The normalized spacial score (nSPS) is 27.1. The third-order valence-electron chi connectivity index (χ3n) is 5.43. The van der Waals surface area contributed by atoms with Crippen LogP contribution in [0.1, 0.15) is 32.1 Å². The van der Waals surface area contributed by atoms with Crippen LogP contribution in [0.15, 0.2) is 4.99 Å². The first-order valence-electron chi connectivity index (χ1n) is 9.50. The molecular formula is C17H29N5O3+2. The lowest BCUT2D eigenvalue weighted by Gasteiger charge is -2.36. The van der Waals surface area contributed by atoms with Crippen molar-refractivity contribution in [3.8, 4) is 0 Å². The zero-order valence-corrected chi connectivity index (χ0v) is 14.7. The van der Waals surface area contributed by atoms with Gasteiger partial charge >= 0.3 is 6.03 Å². The van der Waals surface area contributed by atoms with E-state index in [-0.39, 0.29) is 6.04 Å². The molecule has 2 saturated heterocycles. The molecule has 2 heterocycles. The van der Waals surface area contributed by atoms with E-state index in [4.69, 9.17) is 0 Å². The molecule has 1 atom stereocenters. The Bertz CT molecular complexity index is 538. The SMILES string of the molecule is O=C1NC(=O)N(C2CCCCC2)C(=O)[C@@H]1C=NCC[NH+]1CC[NH2+]CC1. The molecule has 0 unspecified atom stereocenters. The third kappa shape index (κ3) is 4.43. The Morgan fingerprint density at radius 2 is 1.88 bits per heavy atom. The first-order valence-corrected chi connectivity index (χ1v) is 9.50. The summed E-state index contributed by atoms with van der Waals surface area (Å²) in [5.74, 6) is -1.93. The van der Waals surface area contributed by atoms with E-state index >= 15 is 0 Å². The highest BCUT2D eigenvalue weighted by Gasteiger charge is 2.42. The van der Waals surface area contributed by atoms with Gasteiger partial charge in [-0.25, -0.2) is 4.79 Å². The second-order valence-electron chi connectivity index (χ2n) is 7.19. The molecule has 4 amide bonds. The van der Waals surface area contributed by atoms with Crippen molar-refractivity contribution in [2.75, 3.05) is 39.3 Å². The number of nitrogens with two attached hydrogens (primary N) is 1. The molecule has 1 aliphatic carbocycles. The van der Waals surface area contributed by atoms with Crippen LogP contribution >= 0.6 is 0 Å². The van der Waals surface area contributed by atoms with Crippen LogP contribution in [0.25, 0.3) is 0 Å². The molecule has 0 radical (unpaired) electrons. The molecule has 3 aliphatic rings. The second-order valence-corrected chi connectivity index (χ2v) is 7.19. The first kappa shape index (κ1) is 18.0. The summed E-state index contributed by atoms with van der Waals surface area (Å²) in [6.45, 7) is 6.05. The Kier molecular flexibility index (Phi) is 6.14. The van der Waals surface area contributed by atoms with E-state index in [1.165, 1.54) is 16.0 Å². The van der Waals surface area contributed by atoms with Gasteiger partial charge in [0.25, 0.3) is 0 Å². The lowest BCUT2D eigenvalue weighted by Crippen LogP contribution is -3.20. The quantitative estimate of drug-likeness (QED) is 0.379. The number of nitrogens with one attached hydrogen (secondary N) is 2. The van der Waals surface area contributed by atoms with Gasteiger partial charge in [-0.15, -0.1) is 0 Å². The molecule has 1 saturated carbocycles. The number of hydrogen-bond acceptors (Lipinski definition) is 4. The van der Waals surface area contributed by atoms with Crippen molar-refractivity contribution in [1.29, 1.82) is 0 Å². The van der Waals surface area contributed by atoms with Gasteiger partial charge in [-0.3, -0.25) is 24.8 Å². The summed E-state index contributed by atoms with van der Waals surface area (Å²) in [6, 6.07) is -0.653. The third-order valence-corrected chi connectivity index (χ3v) is 5.43. The van der Waals surface area contributed by atoms with Gasteiger partial charge in [-0.05, 0) is 12.8 Å². The molecule has 0 aromatic carbocycles. The minimum atomic E-state index is -0.968. The van der Waals surface area contributed by atoms with E-state index < -0.39 is 23.8 Å². The molecule has 138 valence electrons. The van der Waals surface area contributed by atoms with E-state index in [0.717, 1.165) is 64.8 Å². The highest BCUT2D eigenvalue weighted by molar-refractivity contribution is 6.23. The standard InChI is InChI=1S/C17H27N5O3/c23-15-14(12-19-8-11-21-9-6-18-7-10-21)16(24)22(17(25)20-15)13-4-2-1-3-5-13/h12-14,18H,1-11H2,(H,20,23,25)/p+2/t14-/m1/s1. The molecule has 8 heteroatoms. The molecule has 0 spiro atoms. The fourth-order valence-electron chi connectivity index (χ4n) is 3.96. The summed E-state index contributed by atoms with van der Waals surface area (Å²) < 4.78 is 0. The van der Waals surface area contributed by atoms with Crippen LogP contribution in [0.2, 0.25) is 0 Å². The van der Waals surface area contributed by atoms with Gasteiger partial charge in [-0.2, -0.15) is 0 Å². The van der Waals surface area contributed by atoms with Crippen LogP contribution in [0.4, 0.5) is 4.79 Å². The van der Waals surface area contributed by atoms with Gasteiger partial charge in [-0.1, -0.05) is 19.3 Å². The van der Waals surface area contributed by atoms with E-state index in [1.54, 1.807) is 0 Å². The first-order chi connectivity index (χ1) is 12.2. The number of imide groups is 2. The Morgan fingerprint density at radius 3 is 2.60 bits per heavy atom. The van der Waals surface area contributed by atoms with E-state index in [9.17, 15) is 14.4 Å². The van der Waals surface area contributed by atoms with Gasteiger partial charge in [0.05, 0.1) is 13.1 Å². The van der Waals surface area contributed by atoms with Crippen molar-refractivity contribution in [1.82, 2.24) is 10.2 Å². The van der Waals surface area contributed by atoms with Crippen LogP contribution < -0.4 is 15.5 Å². The lowest BCUT2D eigenvalue weighted by molar-refractivity contribution is -0.945. The largest absolute Gasteiger partial charge is 0.337 e. The number of nitrogens with zero attached hydrogens (tertiary/aromatic N) is 2. The Labute approximate surface area is 148 Å². The molecule has 0 aromatic rings. The summed E-state index contributed by atoms with van der Waals surface area (Å²) in [4.78, 5) is 44.0. The van der Waals surface area contributed by atoms with Crippen LogP contribution in [0.3, 0.4) is 0 Å². The van der Waals surface area contributed by atoms with Gasteiger partial charge in [0.1, 0.15) is 26.2 Å². The molecule has 3 fully saturated rings. The second kappa shape index (κ2) is 8.53. The van der Waals surface area contributed by atoms with Gasteiger partial charge in [0.2, 0.25) is 11.8 Å². The zero-order valence-electron chi connectivity index (χ0n) is 14.7. The molecule has 0 bridgehead atoms. The number of carbonyl (C=O) groups is 3. The fraction of sp³-hybridized carbons (Fsp3) is 0.765. The molecular weight excluding hydrogens is 322 g/mol. The topological polar surface area (TPSA) is 99.9 Å². The predicted octanol–water partition coefficient (Wildman–Crippen LogP) is -2.45. The summed E-state index contributed by atoms with van der Waals surface area (Å²) in [6.07, 6.45) is 6.27. The zero-order chi connectivity index (χ0) is 17.6. The number of piperazine rings is 1. The number of amides is 4. The summed E-state index contributed by atoms with van der Waals surface area (Å²) >= 11 is 0. The van der Waals surface area contributed by atoms with Crippen LogP contribution in [-0.4, -0.2) is 74.3 Å². The predicted molar refractivity (Wildman–Crippen MR) is 91.3 cm³/mol. The van der Waals surface area contributed by atoms with Crippen molar-refractivity contribution in [2.24, 2.45) is 10.9 Å². The number of barbiturate groups is 1. The van der Waals surface area contributed by atoms with Crippen LogP contribution in [0.5, 0.6) is 0 Å². The van der Waals surface area contributed by atoms with Gasteiger partial charge in [0.15, 0.2) is 5.92 Å². The number of carbonyl (C=O) groups excluding carboxylic acids is 3. The van der Waals surface area contributed by atoms with Crippen molar-refractivity contribution in [3.05, 3.63) is 0 Å². The highest BCUT2D eigenvalue weighted by Crippen LogP contribution is 2.25. The molecule has 4 N–H and O–H groups in total. The van der Waals surface area contributed by atoms with Gasteiger partial charge < -0.3 is 10.2 Å². The summed E-state index contributed by atoms with van der Waals surface area (Å²) in [7, 11) is 0. The maximum absolute atomic E-state index is 12.7. The number of urea groups is 1. The maximum atomic E-state index is 12.7. The van der Waals surface area contributed by atoms with E-state index in [2.05, 4.69) is 15.6 Å². The Balaban J connectivity index is 1.57. The van der Waals surface area contributed by atoms with Crippen LogP contribution in [0, 0.1) is 5.92 Å². The number of aliphatic imine (C=N–C) groups is 1. The number of hydrogen-bond donors (Lipinski definition) is 3. The average molecular weight is 351 g/mol. The van der Waals surface area contributed by atoms with Crippen molar-refractivity contribution in [3.63, 3.8) is 0 Å². The minimum absolute atomic E-state index is 0.0840. The van der Waals surface area contributed by atoms with E-state index in [0.29, 0.717) is 6.54 Å². The Morgan fingerprint density at radius 1 is 1.16 bits per heavy atom. The monoisotopic (exact) mass is 351 g/mol. The average Bonchev–Trinajstić information content (AvgIpc) is 2.62. The minimum Gasteiger partial charge on any atom is -0.337 e. The Hall–Kier alpha value is -1.80. The summed E-state index contributed by atoms with van der Waals surface area (Å²) in [5.41, 5.74) is 0. The van der Waals surface area contributed by atoms with Crippen molar-refractivity contribution < 1.29 is 24.6 Å². The van der Waals surface area contributed by atoms with Crippen LogP contribution in [-0.2, 0) is 9.59 Å². The molecule has 2 aliphatic heterocycles. The molecule has 25 heavy (non-hydrogen) atoms. The van der Waals surface area contributed by atoms with E-state index in [1.807, 2.05) is 0 Å². The number of rotatable bonds is 5. The fourth-order valence-corrected chi connectivity index (χ4v) is 3.96. The van der Waals surface area contributed by atoms with Crippen molar-refractivity contribution in [2.45, 2.75) is 38.1 Å².